The fourth-order valence-electron chi connectivity index (χ4n) is 1.88. The summed E-state index contributed by atoms with van der Waals surface area (Å²) in [5, 5.41) is 21.1. The van der Waals surface area contributed by atoms with Gasteiger partial charge in [0.2, 0.25) is 0 Å². The Bertz CT molecular complexity index is 711. The Balaban J connectivity index is 1.53. The molecule has 1 aliphatic rings. The quantitative estimate of drug-likeness (QED) is 0.849. The number of nitrogens with one attached hydrogen (secondary N) is 1. The molecule has 0 spiro atoms. The molecule has 2 aromatic rings. The Morgan fingerprint density at radius 3 is 2.77 bits per heavy atom. The second-order valence-electron chi connectivity index (χ2n) is 4.52. The van der Waals surface area contributed by atoms with Crippen LogP contribution in [-0.4, -0.2) is 27.2 Å². The SMILES string of the molecule is O=C(Nc1ccccc1)C(O)SC1=NN=C(c2ccco2)C1. The molecule has 112 valence electrons. The molecule has 0 bridgehead atoms. The molecular weight excluding hydrogens is 302 g/mol. The maximum Gasteiger partial charge on any atom is 0.264 e. The number of benzene rings is 1. The molecule has 0 saturated carbocycles. The van der Waals surface area contributed by atoms with E-state index in [0.717, 1.165) is 11.8 Å². The molecular formula is C15H13N3O3S. The summed E-state index contributed by atoms with van der Waals surface area (Å²) in [6.45, 7) is 0. The van der Waals surface area contributed by atoms with Crippen LogP contribution in [-0.2, 0) is 4.79 Å². The van der Waals surface area contributed by atoms with Gasteiger partial charge in [-0.3, -0.25) is 4.79 Å². The lowest BCUT2D eigenvalue weighted by molar-refractivity contribution is -0.120. The maximum absolute atomic E-state index is 11.9. The molecule has 3 rings (SSSR count). The highest BCUT2D eigenvalue weighted by Crippen LogP contribution is 2.22. The van der Waals surface area contributed by atoms with Gasteiger partial charge in [0.05, 0.1) is 6.26 Å². The monoisotopic (exact) mass is 315 g/mol. The Morgan fingerprint density at radius 2 is 2.05 bits per heavy atom. The number of anilines is 1. The molecule has 0 saturated heterocycles. The molecule has 6 nitrogen and oxygen atoms in total. The first-order chi connectivity index (χ1) is 10.7. The summed E-state index contributed by atoms with van der Waals surface area (Å²) in [7, 11) is 0. The van der Waals surface area contributed by atoms with E-state index in [4.69, 9.17) is 4.42 Å². The van der Waals surface area contributed by atoms with Gasteiger partial charge >= 0.3 is 0 Å². The molecule has 22 heavy (non-hydrogen) atoms. The van der Waals surface area contributed by atoms with Crippen LogP contribution in [0.4, 0.5) is 5.69 Å². The Morgan fingerprint density at radius 1 is 1.23 bits per heavy atom. The Hall–Kier alpha value is -2.38. The molecule has 0 radical (unpaired) electrons. The minimum Gasteiger partial charge on any atom is -0.463 e. The van der Waals surface area contributed by atoms with Gasteiger partial charge in [0.25, 0.3) is 5.91 Å². The van der Waals surface area contributed by atoms with Gasteiger partial charge in [0.15, 0.2) is 5.44 Å². The highest BCUT2D eigenvalue weighted by atomic mass is 32.2. The fraction of sp³-hybridized carbons (Fsp3) is 0.133. The molecule has 7 heteroatoms. The minimum atomic E-state index is -1.25. The number of carbonyl (C=O) groups is 1. The van der Waals surface area contributed by atoms with E-state index in [2.05, 4.69) is 15.5 Å². The predicted octanol–water partition coefficient (Wildman–Crippen LogP) is 2.48. The molecule has 1 aromatic heterocycles. The zero-order chi connectivity index (χ0) is 15.4. The van der Waals surface area contributed by atoms with Gasteiger partial charge in [-0.15, -0.1) is 5.10 Å². The third-order valence-electron chi connectivity index (χ3n) is 2.92. The van der Waals surface area contributed by atoms with Crippen molar-refractivity contribution in [3.63, 3.8) is 0 Å². The number of carbonyl (C=O) groups excluding carboxylic acids is 1. The van der Waals surface area contributed by atoms with Crippen molar-refractivity contribution in [3.8, 4) is 0 Å². The standard InChI is InChI=1S/C15H13N3O3S/c19-14(16-10-5-2-1-3-6-10)15(20)22-13-9-11(17-18-13)12-7-4-8-21-12/h1-8,15,20H,9H2,(H,16,19). The van der Waals surface area contributed by atoms with Crippen molar-refractivity contribution in [1.82, 2.24) is 0 Å². The first kappa shape index (κ1) is 14.6. The second kappa shape index (κ2) is 6.59. The number of hydrogen-bond acceptors (Lipinski definition) is 6. The van der Waals surface area contributed by atoms with E-state index in [1.807, 2.05) is 6.07 Å². The van der Waals surface area contributed by atoms with Gasteiger partial charge in [0.1, 0.15) is 16.5 Å². The van der Waals surface area contributed by atoms with Crippen molar-refractivity contribution in [1.29, 1.82) is 0 Å². The molecule has 1 aliphatic heterocycles. The zero-order valence-electron chi connectivity index (χ0n) is 11.5. The number of para-hydroxylation sites is 1. The zero-order valence-corrected chi connectivity index (χ0v) is 12.3. The van der Waals surface area contributed by atoms with Crippen LogP contribution >= 0.6 is 11.8 Å². The number of amides is 1. The summed E-state index contributed by atoms with van der Waals surface area (Å²) in [6.07, 6.45) is 2.00. The van der Waals surface area contributed by atoms with Crippen LogP contribution < -0.4 is 5.32 Å². The average Bonchev–Trinajstić information content (AvgIpc) is 3.19. The van der Waals surface area contributed by atoms with Crippen LogP contribution in [0.1, 0.15) is 12.2 Å². The van der Waals surface area contributed by atoms with Crippen molar-refractivity contribution in [2.45, 2.75) is 11.9 Å². The first-order valence-corrected chi connectivity index (χ1v) is 7.48. The summed E-state index contributed by atoms with van der Waals surface area (Å²) >= 11 is 0.973. The lowest BCUT2D eigenvalue weighted by Crippen LogP contribution is -2.26. The third kappa shape index (κ3) is 3.44. The molecule has 0 aliphatic carbocycles. The van der Waals surface area contributed by atoms with Crippen LogP contribution in [0, 0.1) is 0 Å². The third-order valence-corrected chi connectivity index (χ3v) is 3.86. The van der Waals surface area contributed by atoms with Gasteiger partial charge < -0.3 is 14.8 Å². The second-order valence-corrected chi connectivity index (χ2v) is 5.67. The average molecular weight is 315 g/mol. The Labute approximate surface area is 130 Å². The fourth-order valence-corrected chi connectivity index (χ4v) is 2.61. The van der Waals surface area contributed by atoms with E-state index in [1.54, 1.807) is 42.7 Å². The molecule has 2 N–H and O–H groups in total. The van der Waals surface area contributed by atoms with Crippen molar-refractivity contribution in [2.24, 2.45) is 10.2 Å². The summed E-state index contributed by atoms with van der Waals surface area (Å²) < 4.78 is 5.24. The van der Waals surface area contributed by atoms with E-state index >= 15 is 0 Å². The van der Waals surface area contributed by atoms with Crippen LogP contribution in [0.15, 0.2) is 63.3 Å². The number of furan rings is 1. The molecule has 1 atom stereocenters. The van der Waals surface area contributed by atoms with E-state index in [1.165, 1.54) is 0 Å². The van der Waals surface area contributed by atoms with Crippen molar-refractivity contribution in [2.75, 3.05) is 5.32 Å². The predicted molar refractivity (Wildman–Crippen MR) is 86.0 cm³/mol. The normalized spacial score (nSPS) is 15.1. The molecule has 1 unspecified atom stereocenters. The van der Waals surface area contributed by atoms with Crippen LogP contribution in [0.3, 0.4) is 0 Å². The van der Waals surface area contributed by atoms with Crippen molar-refractivity contribution >= 4 is 34.1 Å². The largest absolute Gasteiger partial charge is 0.463 e. The van der Waals surface area contributed by atoms with Gasteiger partial charge in [-0.05, 0) is 24.3 Å². The van der Waals surface area contributed by atoms with Gasteiger partial charge in [-0.1, -0.05) is 30.0 Å². The highest BCUT2D eigenvalue weighted by Gasteiger charge is 2.23. The van der Waals surface area contributed by atoms with Crippen LogP contribution in [0.25, 0.3) is 0 Å². The Kier molecular flexibility index (Phi) is 4.36. The summed E-state index contributed by atoms with van der Waals surface area (Å²) in [5.74, 6) is 0.146. The van der Waals surface area contributed by atoms with E-state index in [0.29, 0.717) is 28.6 Å². The summed E-state index contributed by atoms with van der Waals surface area (Å²) in [5.41, 5.74) is 0.0707. The number of hydrogen-bond donors (Lipinski definition) is 2. The number of aliphatic hydroxyl groups excluding tert-OH is 1. The van der Waals surface area contributed by atoms with E-state index in [-0.39, 0.29) is 0 Å². The summed E-state index contributed by atoms with van der Waals surface area (Å²) in [6, 6.07) is 12.5. The maximum atomic E-state index is 11.9. The highest BCUT2D eigenvalue weighted by molar-refractivity contribution is 8.14. The van der Waals surface area contributed by atoms with Gasteiger partial charge in [0, 0.05) is 12.1 Å². The van der Waals surface area contributed by atoms with Crippen molar-refractivity contribution < 1.29 is 14.3 Å². The van der Waals surface area contributed by atoms with Crippen LogP contribution in [0.5, 0.6) is 0 Å². The molecule has 1 amide bonds. The topological polar surface area (TPSA) is 87.2 Å². The number of nitrogens with zero attached hydrogens (tertiary/aromatic N) is 2. The number of thioether (sulfide) groups is 1. The van der Waals surface area contributed by atoms with Crippen LogP contribution in [0.2, 0.25) is 0 Å². The number of rotatable bonds is 4. The smallest absolute Gasteiger partial charge is 0.264 e. The van der Waals surface area contributed by atoms with Gasteiger partial charge in [-0.2, -0.15) is 5.10 Å². The molecule has 0 fully saturated rings. The number of aliphatic hydroxyl groups is 1. The van der Waals surface area contributed by atoms with E-state index < -0.39 is 11.3 Å². The van der Waals surface area contributed by atoms with E-state index in [9.17, 15) is 9.90 Å². The lowest BCUT2D eigenvalue weighted by Gasteiger charge is -2.10. The minimum absolute atomic E-state index is 0.438. The van der Waals surface area contributed by atoms with Crippen molar-refractivity contribution in [3.05, 3.63) is 54.5 Å². The lowest BCUT2D eigenvalue weighted by atomic mass is 10.2. The summed E-state index contributed by atoms with van der Waals surface area (Å²) in [4.78, 5) is 11.9. The first-order valence-electron chi connectivity index (χ1n) is 6.60. The van der Waals surface area contributed by atoms with Gasteiger partial charge in [-0.25, -0.2) is 0 Å². The molecule has 1 aromatic carbocycles. The molecule has 2 heterocycles.